The molecule has 0 aliphatic heterocycles. The van der Waals surface area contributed by atoms with Crippen molar-refractivity contribution in [1.82, 2.24) is 19.9 Å². The minimum atomic E-state index is -0.177. The molecule has 7 nitrogen and oxygen atoms in total. The molecule has 0 amide bonds. The Hall–Kier alpha value is -3.35. The third-order valence-electron chi connectivity index (χ3n) is 4.95. The summed E-state index contributed by atoms with van der Waals surface area (Å²) < 4.78 is 1.76. The van der Waals surface area contributed by atoms with Crippen molar-refractivity contribution in [3.05, 3.63) is 70.7 Å². The van der Waals surface area contributed by atoms with Crippen molar-refractivity contribution in [3.8, 4) is 0 Å². The Morgan fingerprint density at radius 3 is 2.55 bits per heavy atom. The van der Waals surface area contributed by atoms with Gasteiger partial charge in [-0.1, -0.05) is 43.8 Å². The Morgan fingerprint density at radius 1 is 1.14 bits per heavy atom. The van der Waals surface area contributed by atoms with Crippen LogP contribution >= 0.6 is 0 Å². The lowest BCUT2D eigenvalue weighted by molar-refractivity contribution is 0.562. The van der Waals surface area contributed by atoms with Gasteiger partial charge in [0.1, 0.15) is 11.3 Å². The molecule has 0 saturated heterocycles. The monoisotopic (exact) mass is 392 g/mol. The third-order valence-corrected chi connectivity index (χ3v) is 4.95. The molecule has 3 N–H and O–H groups in total. The van der Waals surface area contributed by atoms with Gasteiger partial charge in [-0.15, -0.1) is 0 Å². The van der Waals surface area contributed by atoms with Crippen molar-refractivity contribution >= 4 is 22.8 Å². The van der Waals surface area contributed by atoms with Crippen LogP contribution in [0.15, 0.2) is 59.5 Å². The van der Waals surface area contributed by atoms with E-state index in [0.29, 0.717) is 35.8 Å². The number of fused-ring (bicyclic) bond motifs is 1. The van der Waals surface area contributed by atoms with E-state index < -0.39 is 0 Å². The molecule has 0 unspecified atom stereocenters. The van der Waals surface area contributed by atoms with Crippen molar-refractivity contribution in [2.45, 2.75) is 25.8 Å². The molecule has 0 radical (unpaired) electrons. The second kappa shape index (κ2) is 9.23. The lowest BCUT2D eigenvalue weighted by Crippen LogP contribution is -2.30. The summed E-state index contributed by atoms with van der Waals surface area (Å²) in [4.78, 5) is 22.6. The highest BCUT2D eigenvalue weighted by atomic mass is 16.1. The number of benzene rings is 1. The number of anilines is 2. The Labute approximate surface area is 170 Å². The zero-order valence-corrected chi connectivity index (χ0v) is 17.2. The topological polar surface area (TPSA) is 83.9 Å². The second-order valence-corrected chi connectivity index (χ2v) is 6.79. The van der Waals surface area contributed by atoms with E-state index in [1.165, 1.54) is 0 Å². The summed E-state index contributed by atoms with van der Waals surface area (Å²) in [6.45, 7) is 6.56. The number of rotatable bonds is 9. The quantitative estimate of drug-likeness (QED) is 0.518. The molecular weight excluding hydrogens is 364 g/mol. The normalized spacial score (nSPS) is 11.8. The van der Waals surface area contributed by atoms with Crippen LogP contribution < -0.4 is 21.5 Å². The molecule has 0 bridgehead atoms. The van der Waals surface area contributed by atoms with Gasteiger partial charge in [0.15, 0.2) is 11.5 Å². The fourth-order valence-electron chi connectivity index (χ4n) is 3.33. The van der Waals surface area contributed by atoms with E-state index in [4.69, 9.17) is 0 Å². The molecule has 0 fully saturated rings. The van der Waals surface area contributed by atoms with Gasteiger partial charge in [-0.05, 0) is 24.1 Å². The first-order chi connectivity index (χ1) is 14.1. The van der Waals surface area contributed by atoms with Gasteiger partial charge >= 0.3 is 0 Å². The molecule has 1 aromatic carbocycles. The van der Waals surface area contributed by atoms with Gasteiger partial charge in [-0.3, -0.25) is 9.36 Å². The van der Waals surface area contributed by atoms with Crippen LogP contribution in [0.4, 0.5) is 11.6 Å². The van der Waals surface area contributed by atoms with Crippen LogP contribution in [0.25, 0.3) is 11.2 Å². The lowest BCUT2D eigenvalue weighted by atomic mass is 10.0. The molecule has 0 aliphatic rings. The van der Waals surface area contributed by atoms with Gasteiger partial charge in [-0.25, -0.2) is 9.97 Å². The van der Waals surface area contributed by atoms with Gasteiger partial charge in [0.25, 0.3) is 5.56 Å². The van der Waals surface area contributed by atoms with Crippen LogP contribution in [0.5, 0.6) is 0 Å². The molecule has 29 heavy (non-hydrogen) atoms. The summed E-state index contributed by atoms with van der Waals surface area (Å²) in [6.07, 6.45) is 1.45. The van der Waals surface area contributed by atoms with Gasteiger partial charge in [0.2, 0.25) is 0 Å². The predicted octanol–water partition coefficient (Wildman–Crippen LogP) is 3.37. The van der Waals surface area contributed by atoms with Crippen molar-refractivity contribution in [1.29, 1.82) is 0 Å². The van der Waals surface area contributed by atoms with Crippen molar-refractivity contribution < 1.29 is 0 Å². The maximum absolute atomic E-state index is 13.4. The van der Waals surface area contributed by atoms with Crippen LogP contribution in [0.1, 0.15) is 31.4 Å². The van der Waals surface area contributed by atoms with Crippen molar-refractivity contribution in [3.63, 3.8) is 0 Å². The van der Waals surface area contributed by atoms with E-state index in [1.54, 1.807) is 4.57 Å². The summed E-state index contributed by atoms with van der Waals surface area (Å²) in [5, 5.41) is 9.24. The Balaban J connectivity index is 2.14. The van der Waals surface area contributed by atoms with E-state index in [2.05, 4.69) is 39.4 Å². The van der Waals surface area contributed by atoms with E-state index in [9.17, 15) is 4.79 Å². The first-order valence-electron chi connectivity index (χ1n) is 9.84. The molecule has 0 aliphatic carbocycles. The number of hydrogen-bond donors (Lipinski definition) is 3. The standard InChI is InChI=1S/C22H28N6O/c1-5-18(16-9-7-6-8-10-16)28-21-17(11-12-19(24-4)27-21)26-20(22(28)29)25-14-13-15(2)23-3/h6-12,18,23H,2,5,13-14H2,1,3-4H3,(H,24,27)(H,25,26)/t18-/m0/s1. The Kier molecular flexibility index (Phi) is 6.49. The fraction of sp³-hybridized carbons (Fsp3) is 0.318. The zero-order valence-electron chi connectivity index (χ0n) is 17.2. The van der Waals surface area contributed by atoms with Crippen LogP contribution in [0, 0.1) is 0 Å². The Morgan fingerprint density at radius 2 is 1.90 bits per heavy atom. The predicted molar refractivity (Wildman–Crippen MR) is 120 cm³/mol. The first-order valence-corrected chi connectivity index (χ1v) is 9.84. The molecule has 3 rings (SSSR count). The van der Waals surface area contributed by atoms with Crippen LogP contribution in [-0.4, -0.2) is 35.2 Å². The summed E-state index contributed by atoms with van der Waals surface area (Å²) >= 11 is 0. The van der Waals surface area contributed by atoms with Gasteiger partial charge < -0.3 is 16.0 Å². The molecular formula is C22H28N6O. The summed E-state index contributed by atoms with van der Waals surface area (Å²) in [5.74, 6) is 1.02. The third kappa shape index (κ3) is 4.39. The van der Waals surface area contributed by atoms with E-state index >= 15 is 0 Å². The Bertz CT molecular complexity index is 1040. The highest BCUT2D eigenvalue weighted by Gasteiger charge is 2.20. The molecule has 7 heteroatoms. The van der Waals surface area contributed by atoms with Crippen LogP contribution in [0.3, 0.4) is 0 Å². The van der Waals surface area contributed by atoms with Gasteiger partial charge in [0.05, 0.1) is 6.04 Å². The molecule has 3 aromatic rings. The lowest BCUT2D eigenvalue weighted by Gasteiger charge is -2.22. The molecule has 2 heterocycles. The summed E-state index contributed by atoms with van der Waals surface area (Å²) in [6, 6.07) is 13.6. The van der Waals surface area contributed by atoms with E-state index in [0.717, 1.165) is 17.7 Å². The second-order valence-electron chi connectivity index (χ2n) is 6.79. The van der Waals surface area contributed by atoms with Crippen LogP contribution in [0.2, 0.25) is 0 Å². The zero-order chi connectivity index (χ0) is 20.8. The number of pyridine rings is 1. The largest absolute Gasteiger partial charge is 0.392 e. The maximum atomic E-state index is 13.4. The average Bonchev–Trinajstić information content (AvgIpc) is 2.76. The molecule has 2 aromatic heterocycles. The molecule has 0 saturated carbocycles. The molecule has 0 spiro atoms. The molecule has 152 valence electrons. The highest BCUT2D eigenvalue weighted by molar-refractivity contribution is 5.74. The smallest absolute Gasteiger partial charge is 0.295 e. The minimum Gasteiger partial charge on any atom is -0.392 e. The number of aromatic nitrogens is 3. The SMILES string of the molecule is C=C(CCNc1nc2ccc(NC)nc2n([C@@H](CC)c2ccccc2)c1=O)NC. The van der Waals surface area contributed by atoms with E-state index in [1.807, 2.05) is 56.6 Å². The number of nitrogens with zero attached hydrogens (tertiary/aromatic N) is 3. The van der Waals surface area contributed by atoms with Crippen molar-refractivity contribution in [2.75, 3.05) is 31.3 Å². The van der Waals surface area contributed by atoms with Crippen molar-refractivity contribution in [2.24, 2.45) is 0 Å². The van der Waals surface area contributed by atoms with E-state index in [-0.39, 0.29) is 11.6 Å². The molecule has 1 atom stereocenters. The van der Waals surface area contributed by atoms with Gasteiger partial charge in [0, 0.05) is 32.8 Å². The maximum Gasteiger partial charge on any atom is 0.295 e. The highest BCUT2D eigenvalue weighted by Crippen LogP contribution is 2.25. The van der Waals surface area contributed by atoms with Crippen LogP contribution in [-0.2, 0) is 0 Å². The fourth-order valence-corrected chi connectivity index (χ4v) is 3.33. The number of nitrogens with one attached hydrogen (secondary N) is 3. The first kappa shape index (κ1) is 20.4. The summed E-state index contributed by atoms with van der Waals surface area (Å²) in [5.41, 5.74) is 3.03. The number of hydrogen-bond acceptors (Lipinski definition) is 6. The van der Waals surface area contributed by atoms with Gasteiger partial charge in [-0.2, -0.15) is 0 Å². The minimum absolute atomic E-state index is 0.137. The average molecular weight is 393 g/mol. The summed E-state index contributed by atoms with van der Waals surface area (Å²) in [7, 11) is 3.64.